The van der Waals surface area contributed by atoms with E-state index in [1.165, 1.54) is 13.2 Å². The lowest BCUT2D eigenvalue weighted by molar-refractivity contribution is -0.145. The number of ether oxygens (including phenoxy) is 1. The third kappa shape index (κ3) is 2.60. The summed E-state index contributed by atoms with van der Waals surface area (Å²) in [5.74, 6) is -0.00641. The average molecular weight is 326 g/mol. The highest BCUT2D eigenvalue weighted by molar-refractivity contribution is 5.91. The van der Waals surface area contributed by atoms with Gasteiger partial charge in [0.15, 0.2) is 0 Å². The molecule has 4 nitrogen and oxygen atoms in total. The molecule has 0 saturated heterocycles. The molecule has 3 rings (SSSR count). The van der Waals surface area contributed by atoms with Crippen molar-refractivity contribution in [2.45, 2.75) is 32.1 Å². The summed E-state index contributed by atoms with van der Waals surface area (Å²) in [6.07, 6.45) is 6.60. The summed E-state index contributed by atoms with van der Waals surface area (Å²) in [7, 11) is 1.36. The van der Waals surface area contributed by atoms with Crippen molar-refractivity contribution >= 4 is 11.5 Å². The topological polar surface area (TPSA) is 52.1 Å². The molecule has 0 amide bonds. The number of halogens is 1. The van der Waals surface area contributed by atoms with Crippen molar-refractivity contribution in [2.24, 2.45) is 0 Å². The molecule has 0 fully saturated rings. The molecular formula is C19H19FN2O2. The maximum atomic E-state index is 14.0. The maximum Gasteiger partial charge on any atom is 0.320 e. The molecule has 1 heterocycles. The Bertz CT molecular complexity index is 815. The van der Waals surface area contributed by atoms with Crippen LogP contribution in [0.15, 0.2) is 36.7 Å². The quantitative estimate of drug-likeness (QED) is 0.810. The number of carbonyl (C=O) groups is 1. The Morgan fingerprint density at radius 1 is 1.25 bits per heavy atom. The number of esters is 1. The minimum absolute atomic E-state index is 0.323. The molecule has 24 heavy (non-hydrogen) atoms. The number of hydrogen-bond acceptors (Lipinski definition) is 4. The molecular weight excluding hydrogens is 307 g/mol. The summed E-state index contributed by atoms with van der Waals surface area (Å²) in [6.45, 7) is 3.51. The molecule has 1 aliphatic rings. The van der Waals surface area contributed by atoms with Gasteiger partial charge >= 0.3 is 5.97 Å². The number of benzene rings is 1. The van der Waals surface area contributed by atoms with E-state index in [4.69, 9.17) is 4.74 Å². The molecule has 1 aromatic carbocycles. The number of methoxy groups -OCH3 is 1. The summed E-state index contributed by atoms with van der Waals surface area (Å²) in [5.41, 5.74) is 2.00. The second-order valence-electron chi connectivity index (χ2n) is 6.06. The van der Waals surface area contributed by atoms with Gasteiger partial charge in [0, 0.05) is 18.0 Å². The van der Waals surface area contributed by atoms with Crippen LogP contribution in [0, 0.1) is 19.7 Å². The van der Waals surface area contributed by atoms with E-state index in [9.17, 15) is 9.18 Å². The van der Waals surface area contributed by atoms with Crippen molar-refractivity contribution < 1.29 is 13.9 Å². The SMILES string of the molecule is COC(=O)[C@@]1(c2cccc(F)c2C)C=C(c2cnc(C)nc2)CC1. The first-order valence-electron chi connectivity index (χ1n) is 7.82. The summed E-state index contributed by atoms with van der Waals surface area (Å²) in [6, 6.07) is 4.82. The molecule has 124 valence electrons. The van der Waals surface area contributed by atoms with E-state index < -0.39 is 5.41 Å². The highest BCUT2D eigenvalue weighted by Crippen LogP contribution is 2.44. The Labute approximate surface area is 140 Å². The van der Waals surface area contributed by atoms with Crippen LogP contribution in [0.3, 0.4) is 0 Å². The fourth-order valence-corrected chi connectivity index (χ4v) is 3.32. The molecule has 0 radical (unpaired) electrons. The third-order valence-electron chi connectivity index (χ3n) is 4.66. The van der Waals surface area contributed by atoms with Gasteiger partial charge in [-0.05, 0) is 49.5 Å². The molecule has 5 heteroatoms. The monoisotopic (exact) mass is 326 g/mol. The van der Waals surface area contributed by atoms with Crippen LogP contribution in [0.2, 0.25) is 0 Å². The van der Waals surface area contributed by atoms with Gasteiger partial charge in [-0.25, -0.2) is 14.4 Å². The molecule has 0 spiro atoms. The molecule has 2 aromatic rings. The van der Waals surface area contributed by atoms with Gasteiger partial charge in [-0.1, -0.05) is 18.2 Å². The van der Waals surface area contributed by atoms with Crippen molar-refractivity contribution in [1.29, 1.82) is 0 Å². The zero-order valence-electron chi connectivity index (χ0n) is 14.0. The highest BCUT2D eigenvalue weighted by Gasteiger charge is 2.44. The minimum Gasteiger partial charge on any atom is -0.468 e. The van der Waals surface area contributed by atoms with Crippen molar-refractivity contribution in [3.63, 3.8) is 0 Å². The Morgan fingerprint density at radius 2 is 1.96 bits per heavy atom. The van der Waals surface area contributed by atoms with Crippen LogP contribution in [-0.2, 0) is 14.9 Å². The van der Waals surface area contributed by atoms with Gasteiger partial charge in [-0.15, -0.1) is 0 Å². The molecule has 1 aromatic heterocycles. The van der Waals surface area contributed by atoms with E-state index in [0.29, 0.717) is 29.8 Å². The van der Waals surface area contributed by atoms with E-state index in [0.717, 1.165) is 11.1 Å². The van der Waals surface area contributed by atoms with Crippen LogP contribution >= 0.6 is 0 Å². The number of aryl methyl sites for hydroxylation is 1. The fraction of sp³-hybridized carbons (Fsp3) is 0.316. The first-order chi connectivity index (χ1) is 11.5. The van der Waals surface area contributed by atoms with E-state index in [1.807, 2.05) is 13.0 Å². The third-order valence-corrected chi connectivity index (χ3v) is 4.66. The number of rotatable bonds is 3. The lowest BCUT2D eigenvalue weighted by Crippen LogP contribution is -2.34. The predicted molar refractivity (Wildman–Crippen MR) is 88.8 cm³/mol. The van der Waals surface area contributed by atoms with Crippen LogP contribution < -0.4 is 0 Å². The second kappa shape index (κ2) is 6.15. The van der Waals surface area contributed by atoms with E-state index in [2.05, 4.69) is 9.97 Å². The number of nitrogens with zero attached hydrogens (tertiary/aromatic N) is 2. The Hall–Kier alpha value is -2.56. The van der Waals surface area contributed by atoms with Crippen molar-refractivity contribution in [1.82, 2.24) is 9.97 Å². The van der Waals surface area contributed by atoms with E-state index in [1.54, 1.807) is 31.5 Å². The Morgan fingerprint density at radius 3 is 2.62 bits per heavy atom. The first-order valence-corrected chi connectivity index (χ1v) is 7.82. The second-order valence-corrected chi connectivity index (χ2v) is 6.06. The largest absolute Gasteiger partial charge is 0.468 e. The summed E-state index contributed by atoms with van der Waals surface area (Å²) in [5, 5.41) is 0. The van der Waals surface area contributed by atoms with Crippen LogP contribution in [0.5, 0.6) is 0 Å². The average Bonchev–Trinajstić information content (AvgIpc) is 3.03. The van der Waals surface area contributed by atoms with Crippen molar-refractivity contribution in [3.05, 3.63) is 65.0 Å². The number of hydrogen-bond donors (Lipinski definition) is 0. The summed E-state index contributed by atoms with van der Waals surface area (Å²) >= 11 is 0. The van der Waals surface area contributed by atoms with Gasteiger partial charge in [0.05, 0.1) is 7.11 Å². The van der Waals surface area contributed by atoms with Gasteiger partial charge in [0.2, 0.25) is 0 Å². The van der Waals surface area contributed by atoms with Gasteiger partial charge in [0.25, 0.3) is 0 Å². The van der Waals surface area contributed by atoms with Gasteiger partial charge in [-0.3, -0.25) is 4.79 Å². The molecule has 1 aliphatic carbocycles. The first kappa shape index (κ1) is 16.3. The minimum atomic E-state index is -0.971. The molecule has 0 aliphatic heterocycles. The molecule has 0 unspecified atom stereocenters. The van der Waals surface area contributed by atoms with E-state index >= 15 is 0 Å². The van der Waals surface area contributed by atoms with Gasteiger partial charge < -0.3 is 4.74 Å². The molecule has 0 N–H and O–H groups in total. The van der Waals surface area contributed by atoms with Crippen LogP contribution in [0.25, 0.3) is 5.57 Å². The molecule has 0 saturated carbocycles. The van der Waals surface area contributed by atoms with Crippen molar-refractivity contribution in [3.8, 4) is 0 Å². The highest BCUT2D eigenvalue weighted by atomic mass is 19.1. The Kier molecular flexibility index (Phi) is 4.18. The number of aromatic nitrogens is 2. The van der Waals surface area contributed by atoms with Crippen LogP contribution in [-0.4, -0.2) is 23.0 Å². The fourth-order valence-electron chi connectivity index (χ4n) is 3.32. The van der Waals surface area contributed by atoms with Crippen LogP contribution in [0.1, 0.15) is 35.4 Å². The lowest BCUT2D eigenvalue weighted by atomic mass is 9.77. The van der Waals surface area contributed by atoms with Gasteiger partial charge in [-0.2, -0.15) is 0 Å². The van der Waals surface area contributed by atoms with Gasteiger partial charge in [0.1, 0.15) is 17.1 Å². The summed E-state index contributed by atoms with van der Waals surface area (Å²) < 4.78 is 19.1. The normalized spacial score (nSPS) is 19.9. The predicted octanol–water partition coefficient (Wildman–Crippen LogP) is 3.52. The zero-order valence-corrected chi connectivity index (χ0v) is 14.0. The zero-order chi connectivity index (χ0) is 17.3. The molecule has 0 bridgehead atoms. The lowest BCUT2D eigenvalue weighted by Gasteiger charge is -2.26. The smallest absolute Gasteiger partial charge is 0.320 e. The molecule has 1 atom stereocenters. The number of carbonyl (C=O) groups excluding carboxylic acids is 1. The number of allylic oxidation sites excluding steroid dienone is 1. The van der Waals surface area contributed by atoms with Crippen LogP contribution in [0.4, 0.5) is 4.39 Å². The standard InChI is InChI=1S/C19H19FN2O2/c1-12-16(5-4-6-17(12)20)19(18(23)24-3)8-7-14(9-19)15-10-21-13(2)22-11-15/h4-6,9-11H,7-8H2,1-3H3/t19-/m1/s1. The van der Waals surface area contributed by atoms with Crippen molar-refractivity contribution in [2.75, 3.05) is 7.11 Å². The Balaban J connectivity index is 2.13. The summed E-state index contributed by atoms with van der Waals surface area (Å²) in [4.78, 5) is 21.0. The van der Waals surface area contributed by atoms with E-state index in [-0.39, 0.29) is 11.8 Å². The maximum absolute atomic E-state index is 14.0.